The van der Waals surface area contributed by atoms with Crippen molar-refractivity contribution in [2.75, 3.05) is 5.75 Å². The minimum absolute atomic E-state index is 0.0274. The maximum absolute atomic E-state index is 10.1. The SMILES string of the molecule is CCc1cc(C(C)(C)CCc2ccc(CO)c(CO)c2)ccc1SCC(O)C(C)C. The van der Waals surface area contributed by atoms with E-state index < -0.39 is 0 Å². The molecule has 2 rings (SSSR count). The summed E-state index contributed by atoms with van der Waals surface area (Å²) in [7, 11) is 0. The number of hydrogen-bond acceptors (Lipinski definition) is 4. The van der Waals surface area contributed by atoms with Crippen LogP contribution in [-0.2, 0) is 31.5 Å². The van der Waals surface area contributed by atoms with Crippen molar-refractivity contribution in [2.24, 2.45) is 5.92 Å². The number of hydrogen-bond donors (Lipinski definition) is 3. The van der Waals surface area contributed by atoms with Crippen LogP contribution >= 0.6 is 11.8 Å². The van der Waals surface area contributed by atoms with Crippen LogP contribution in [0.2, 0.25) is 0 Å². The molecule has 4 heteroatoms. The minimum Gasteiger partial charge on any atom is -0.392 e. The van der Waals surface area contributed by atoms with Gasteiger partial charge in [0.25, 0.3) is 0 Å². The van der Waals surface area contributed by atoms with Gasteiger partial charge in [0.05, 0.1) is 19.3 Å². The largest absolute Gasteiger partial charge is 0.392 e. The molecule has 2 aromatic rings. The molecule has 0 saturated carbocycles. The number of aliphatic hydroxyl groups is 3. The maximum atomic E-state index is 10.1. The molecule has 0 aliphatic heterocycles. The third kappa shape index (κ3) is 6.58. The van der Waals surface area contributed by atoms with E-state index in [1.165, 1.54) is 21.6 Å². The highest BCUT2D eigenvalue weighted by molar-refractivity contribution is 7.99. The van der Waals surface area contributed by atoms with Gasteiger partial charge in [0.1, 0.15) is 0 Å². The first-order valence-corrected chi connectivity index (χ1v) is 12.0. The Bertz CT molecular complexity index is 814. The molecule has 3 nitrogen and oxygen atoms in total. The van der Waals surface area contributed by atoms with E-state index in [1.54, 1.807) is 11.8 Å². The molecule has 0 bridgehead atoms. The van der Waals surface area contributed by atoms with Crippen molar-refractivity contribution in [1.82, 2.24) is 0 Å². The quantitative estimate of drug-likeness (QED) is 0.426. The Morgan fingerprint density at radius 3 is 2.23 bits per heavy atom. The van der Waals surface area contributed by atoms with Gasteiger partial charge in [-0.05, 0) is 64.5 Å². The Morgan fingerprint density at radius 1 is 0.933 bits per heavy atom. The summed E-state index contributed by atoms with van der Waals surface area (Å²) in [5.74, 6) is 1.00. The molecular weight excluding hydrogens is 392 g/mol. The number of rotatable bonds is 11. The summed E-state index contributed by atoms with van der Waals surface area (Å²) in [6.07, 6.45) is 2.62. The molecule has 0 spiro atoms. The van der Waals surface area contributed by atoms with Crippen LogP contribution in [0.5, 0.6) is 0 Å². The van der Waals surface area contributed by atoms with Crippen molar-refractivity contribution in [1.29, 1.82) is 0 Å². The molecule has 0 fully saturated rings. The number of thioether (sulfide) groups is 1. The molecule has 3 N–H and O–H groups in total. The molecule has 30 heavy (non-hydrogen) atoms. The summed E-state index contributed by atoms with van der Waals surface area (Å²) in [5, 5.41) is 29.1. The van der Waals surface area contributed by atoms with Gasteiger partial charge in [-0.15, -0.1) is 11.8 Å². The first-order chi connectivity index (χ1) is 14.2. The van der Waals surface area contributed by atoms with E-state index in [0.29, 0.717) is 0 Å². The minimum atomic E-state index is -0.281. The normalized spacial score (nSPS) is 13.1. The number of benzene rings is 2. The average molecular weight is 431 g/mol. The van der Waals surface area contributed by atoms with E-state index in [-0.39, 0.29) is 30.7 Å². The molecule has 166 valence electrons. The smallest absolute Gasteiger partial charge is 0.0685 e. The highest BCUT2D eigenvalue weighted by Crippen LogP contribution is 2.33. The first kappa shape index (κ1) is 24.9. The summed E-state index contributed by atoms with van der Waals surface area (Å²) < 4.78 is 0. The summed E-state index contributed by atoms with van der Waals surface area (Å²) in [6, 6.07) is 12.8. The topological polar surface area (TPSA) is 60.7 Å². The lowest BCUT2D eigenvalue weighted by Crippen LogP contribution is -2.19. The van der Waals surface area contributed by atoms with Gasteiger partial charge in [-0.3, -0.25) is 0 Å². The second kappa shape index (κ2) is 11.3. The fourth-order valence-corrected chi connectivity index (χ4v) is 4.81. The zero-order valence-electron chi connectivity index (χ0n) is 19.1. The molecule has 2 aromatic carbocycles. The fraction of sp³-hybridized carbons (Fsp3) is 0.538. The Hall–Kier alpha value is -1.33. The van der Waals surface area contributed by atoms with E-state index in [9.17, 15) is 15.3 Å². The molecule has 0 aliphatic carbocycles. The van der Waals surface area contributed by atoms with E-state index in [4.69, 9.17) is 0 Å². The molecule has 0 saturated heterocycles. The molecule has 0 aliphatic rings. The lowest BCUT2D eigenvalue weighted by Gasteiger charge is -2.27. The van der Waals surface area contributed by atoms with Crippen molar-refractivity contribution in [2.45, 2.75) is 83.5 Å². The summed E-state index contributed by atoms with van der Waals surface area (Å²) in [4.78, 5) is 1.27. The standard InChI is InChI=1S/C26H38O3S/c1-6-20-14-23(9-10-25(20)30-17-24(29)18(2)3)26(4,5)12-11-19-7-8-21(15-27)22(13-19)16-28/h7-10,13-14,18,24,27-29H,6,11-12,15-17H2,1-5H3. The van der Waals surface area contributed by atoms with E-state index in [0.717, 1.165) is 36.1 Å². The van der Waals surface area contributed by atoms with Crippen LogP contribution in [0.3, 0.4) is 0 Å². The van der Waals surface area contributed by atoms with Crippen molar-refractivity contribution >= 4 is 11.8 Å². The lowest BCUT2D eigenvalue weighted by molar-refractivity contribution is 0.149. The molecule has 0 amide bonds. The van der Waals surface area contributed by atoms with E-state index in [1.807, 2.05) is 12.1 Å². The van der Waals surface area contributed by atoms with Gasteiger partial charge in [-0.25, -0.2) is 0 Å². The molecular formula is C26H38O3S. The highest BCUT2D eigenvalue weighted by atomic mass is 32.2. The van der Waals surface area contributed by atoms with Crippen molar-refractivity contribution in [3.8, 4) is 0 Å². The van der Waals surface area contributed by atoms with Crippen LogP contribution in [0, 0.1) is 5.92 Å². The molecule has 1 unspecified atom stereocenters. The maximum Gasteiger partial charge on any atom is 0.0685 e. The number of aryl methyl sites for hydroxylation is 2. The van der Waals surface area contributed by atoms with Gasteiger partial charge in [0.2, 0.25) is 0 Å². The molecule has 1 atom stereocenters. The first-order valence-electron chi connectivity index (χ1n) is 11.0. The Balaban J connectivity index is 2.11. The van der Waals surface area contributed by atoms with Gasteiger partial charge >= 0.3 is 0 Å². The lowest BCUT2D eigenvalue weighted by atomic mass is 9.79. The Morgan fingerprint density at radius 2 is 1.63 bits per heavy atom. The summed E-state index contributed by atoms with van der Waals surface area (Å²) in [5.41, 5.74) is 5.50. The van der Waals surface area contributed by atoms with Gasteiger partial charge in [0, 0.05) is 10.6 Å². The van der Waals surface area contributed by atoms with Crippen LogP contribution in [0.25, 0.3) is 0 Å². The molecule has 0 radical (unpaired) electrons. The fourth-order valence-electron chi connectivity index (χ4n) is 3.52. The van der Waals surface area contributed by atoms with E-state index >= 15 is 0 Å². The number of aliphatic hydroxyl groups excluding tert-OH is 3. The zero-order chi connectivity index (χ0) is 22.3. The van der Waals surface area contributed by atoms with Crippen LogP contribution in [0.15, 0.2) is 41.3 Å². The van der Waals surface area contributed by atoms with E-state index in [2.05, 4.69) is 58.9 Å². The predicted molar refractivity (Wildman–Crippen MR) is 127 cm³/mol. The zero-order valence-corrected chi connectivity index (χ0v) is 19.9. The summed E-state index contributed by atoms with van der Waals surface area (Å²) in [6.45, 7) is 10.8. The third-order valence-corrected chi connectivity index (χ3v) is 7.27. The molecule has 0 heterocycles. The van der Waals surface area contributed by atoms with Gasteiger partial charge in [-0.2, -0.15) is 0 Å². The van der Waals surface area contributed by atoms with Gasteiger partial charge in [0.15, 0.2) is 0 Å². The van der Waals surface area contributed by atoms with Crippen molar-refractivity contribution < 1.29 is 15.3 Å². The van der Waals surface area contributed by atoms with Crippen LogP contribution in [-0.4, -0.2) is 27.2 Å². The van der Waals surface area contributed by atoms with Crippen LogP contribution in [0.1, 0.15) is 68.9 Å². The Kier molecular flexibility index (Phi) is 9.42. The second-order valence-electron chi connectivity index (χ2n) is 9.10. The van der Waals surface area contributed by atoms with Crippen LogP contribution < -0.4 is 0 Å². The van der Waals surface area contributed by atoms with Crippen molar-refractivity contribution in [3.05, 3.63) is 64.2 Å². The predicted octanol–water partition coefficient (Wildman–Crippen LogP) is 5.25. The van der Waals surface area contributed by atoms with Gasteiger partial charge in [-0.1, -0.05) is 65.0 Å². The Labute approximate surface area is 186 Å². The monoisotopic (exact) mass is 430 g/mol. The summed E-state index contributed by atoms with van der Waals surface area (Å²) >= 11 is 1.75. The average Bonchev–Trinajstić information content (AvgIpc) is 2.75. The molecule has 0 aromatic heterocycles. The second-order valence-corrected chi connectivity index (χ2v) is 10.2. The van der Waals surface area contributed by atoms with Crippen molar-refractivity contribution in [3.63, 3.8) is 0 Å². The highest BCUT2D eigenvalue weighted by Gasteiger charge is 2.22. The third-order valence-electron chi connectivity index (χ3n) is 6.05. The van der Waals surface area contributed by atoms with Crippen LogP contribution in [0.4, 0.5) is 0 Å². The van der Waals surface area contributed by atoms with Gasteiger partial charge < -0.3 is 15.3 Å².